The Labute approximate surface area is 145 Å². The van der Waals surface area contributed by atoms with Gasteiger partial charge in [0, 0.05) is 11.5 Å². The van der Waals surface area contributed by atoms with E-state index in [4.69, 9.17) is 9.47 Å². The van der Waals surface area contributed by atoms with Crippen molar-refractivity contribution in [1.82, 2.24) is 0 Å². The van der Waals surface area contributed by atoms with Crippen LogP contribution in [-0.4, -0.2) is 19.9 Å². The Kier molecular flexibility index (Phi) is 6.67. The van der Waals surface area contributed by atoms with Gasteiger partial charge in [0.1, 0.15) is 0 Å². The second-order valence-electron chi connectivity index (χ2n) is 7.52. The first kappa shape index (κ1) is 17.9. The Morgan fingerprint density at radius 1 is 0.875 bits per heavy atom. The van der Waals surface area contributed by atoms with E-state index in [9.17, 15) is 4.39 Å². The molecule has 2 nitrogen and oxygen atoms in total. The van der Waals surface area contributed by atoms with Crippen molar-refractivity contribution >= 4 is 0 Å². The van der Waals surface area contributed by atoms with Crippen LogP contribution in [-0.2, 0) is 9.47 Å². The molecule has 1 aromatic rings. The molecule has 3 rings (SSSR count). The van der Waals surface area contributed by atoms with E-state index >= 15 is 0 Å². The van der Waals surface area contributed by atoms with Crippen LogP contribution in [0.4, 0.5) is 4.39 Å². The molecule has 0 unspecified atom stereocenters. The summed E-state index contributed by atoms with van der Waals surface area (Å²) in [5, 5.41) is 0. The van der Waals surface area contributed by atoms with Crippen LogP contribution in [0.1, 0.15) is 75.2 Å². The van der Waals surface area contributed by atoms with Crippen LogP contribution in [0.5, 0.6) is 0 Å². The summed E-state index contributed by atoms with van der Waals surface area (Å²) in [6.07, 6.45) is 7.64. The lowest BCUT2D eigenvalue weighted by Crippen LogP contribution is -2.27. The Hall–Kier alpha value is -0.930. The largest absolute Gasteiger partial charge is 0.348 e. The van der Waals surface area contributed by atoms with E-state index in [1.807, 2.05) is 0 Å². The highest BCUT2D eigenvalue weighted by molar-refractivity contribution is 5.26. The number of ether oxygens (including phenoxy) is 2. The number of benzene rings is 1. The minimum absolute atomic E-state index is 0.162. The van der Waals surface area contributed by atoms with E-state index < -0.39 is 0 Å². The lowest BCUT2D eigenvalue weighted by atomic mass is 9.77. The number of alkyl halides is 1. The first-order valence-corrected chi connectivity index (χ1v) is 9.69. The second kappa shape index (κ2) is 8.96. The molecule has 1 aliphatic carbocycles. The minimum Gasteiger partial charge on any atom is -0.348 e. The Balaban J connectivity index is 1.51. The van der Waals surface area contributed by atoms with Crippen molar-refractivity contribution in [2.75, 3.05) is 19.9 Å². The van der Waals surface area contributed by atoms with Gasteiger partial charge in [-0.1, -0.05) is 37.6 Å². The van der Waals surface area contributed by atoms with Gasteiger partial charge in [0.15, 0.2) is 6.29 Å². The van der Waals surface area contributed by atoms with Crippen LogP contribution in [0.25, 0.3) is 0 Å². The fraction of sp³-hybridized carbons (Fsp3) is 0.714. The molecular formula is C21H31FO2. The van der Waals surface area contributed by atoms with Gasteiger partial charge in [-0.05, 0) is 55.9 Å². The van der Waals surface area contributed by atoms with Crippen molar-refractivity contribution < 1.29 is 13.9 Å². The SMILES string of the molecule is CCCC1COC(c2ccc(C3CCC(CCF)CC3)cc2)OC1. The van der Waals surface area contributed by atoms with Gasteiger partial charge in [-0.2, -0.15) is 0 Å². The smallest absolute Gasteiger partial charge is 0.183 e. The van der Waals surface area contributed by atoms with Gasteiger partial charge in [0.05, 0.1) is 19.9 Å². The third kappa shape index (κ3) is 4.58. The first-order valence-electron chi connectivity index (χ1n) is 9.69. The van der Waals surface area contributed by atoms with E-state index in [2.05, 4.69) is 31.2 Å². The van der Waals surface area contributed by atoms with Crippen LogP contribution in [0.2, 0.25) is 0 Å². The van der Waals surface area contributed by atoms with E-state index in [1.54, 1.807) is 0 Å². The predicted molar refractivity (Wildman–Crippen MR) is 94.8 cm³/mol. The van der Waals surface area contributed by atoms with Crippen LogP contribution < -0.4 is 0 Å². The highest BCUT2D eigenvalue weighted by atomic mass is 19.1. The molecule has 1 heterocycles. The number of hydrogen-bond acceptors (Lipinski definition) is 2. The van der Waals surface area contributed by atoms with Crippen LogP contribution in [0.3, 0.4) is 0 Å². The molecule has 2 aliphatic rings. The van der Waals surface area contributed by atoms with Gasteiger partial charge in [-0.25, -0.2) is 0 Å². The molecule has 1 saturated carbocycles. The van der Waals surface area contributed by atoms with Crippen molar-refractivity contribution in [3.63, 3.8) is 0 Å². The summed E-state index contributed by atoms with van der Waals surface area (Å²) in [5.41, 5.74) is 2.54. The summed E-state index contributed by atoms with van der Waals surface area (Å²) in [7, 11) is 0. The normalized spacial score (nSPS) is 31.1. The van der Waals surface area contributed by atoms with Crippen molar-refractivity contribution in [2.45, 2.75) is 64.1 Å². The van der Waals surface area contributed by atoms with E-state index in [0.717, 1.165) is 25.2 Å². The molecule has 0 atom stereocenters. The maximum absolute atomic E-state index is 12.5. The summed E-state index contributed by atoms with van der Waals surface area (Å²) < 4.78 is 24.3. The van der Waals surface area contributed by atoms with Crippen molar-refractivity contribution in [3.8, 4) is 0 Å². The molecule has 0 aromatic heterocycles. The summed E-state index contributed by atoms with van der Waals surface area (Å²) in [6.45, 7) is 3.65. The van der Waals surface area contributed by atoms with Gasteiger partial charge in [0.25, 0.3) is 0 Å². The monoisotopic (exact) mass is 334 g/mol. The van der Waals surface area contributed by atoms with Crippen LogP contribution in [0, 0.1) is 11.8 Å². The molecule has 3 heteroatoms. The first-order chi connectivity index (χ1) is 11.8. The Morgan fingerprint density at radius 3 is 2.08 bits per heavy atom. The van der Waals surface area contributed by atoms with E-state index in [0.29, 0.717) is 17.8 Å². The number of rotatable bonds is 6. The van der Waals surface area contributed by atoms with Gasteiger partial charge in [-0.3, -0.25) is 4.39 Å². The zero-order valence-electron chi connectivity index (χ0n) is 14.9. The van der Waals surface area contributed by atoms with Gasteiger partial charge >= 0.3 is 0 Å². The zero-order valence-corrected chi connectivity index (χ0v) is 14.9. The second-order valence-corrected chi connectivity index (χ2v) is 7.52. The minimum atomic E-state index is -0.201. The zero-order chi connectivity index (χ0) is 16.8. The Morgan fingerprint density at radius 2 is 1.50 bits per heavy atom. The van der Waals surface area contributed by atoms with Crippen LogP contribution >= 0.6 is 0 Å². The highest BCUT2D eigenvalue weighted by Crippen LogP contribution is 2.37. The Bertz CT molecular complexity index is 426. The molecular weight excluding hydrogens is 303 g/mol. The average molecular weight is 334 g/mol. The van der Waals surface area contributed by atoms with Gasteiger partial charge in [-0.15, -0.1) is 0 Å². The summed E-state index contributed by atoms with van der Waals surface area (Å²) in [4.78, 5) is 0. The molecule has 0 radical (unpaired) electrons. The average Bonchev–Trinajstić information content (AvgIpc) is 2.64. The van der Waals surface area contributed by atoms with Crippen molar-refractivity contribution in [1.29, 1.82) is 0 Å². The van der Waals surface area contributed by atoms with Gasteiger partial charge < -0.3 is 9.47 Å². The fourth-order valence-electron chi connectivity index (χ4n) is 4.17. The quantitative estimate of drug-likeness (QED) is 0.656. The lowest BCUT2D eigenvalue weighted by molar-refractivity contribution is -0.206. The topological polar surface area (TPSA) is 18.5 Å². The standard InChI is InChI=1S/C21H31FO2/c1-2-3-17-14-23-21(24-15-17)20-10-8-19(9-11-20)18-6-4-16(5-7-18)12-13-22/h8-11,16-18,21H,2-7,12-15H2,1H3. The number of halogens is 1. The van der Waals surface area contributed by atoms with Crippen LogP contribution in [0.15, 0.2) is 24.3 Å². The molecule has 0 N–H and O–H groups in total. The van der Waals surface area contributed by atoms with Crippen molar-refractivity contribution in [3.05, 3.63) is 35.4 Å². The van der Waals surface area contributed by atoms with E-state index in [1.165, 1.54) is 44.1 Å². The summed E-state index contributed by atoms with van der Waals surface area (Å²) in [5.74, 6) is 1.78. The fourth-order valence-corrected chi connectivity index (χ4v) is 4.17. The number of hydrogen-bond donors (Lipinski definition) is 0. The maximum Gasteiger partial charge on any atom is 0.183 e. The molecule has 134 valence electrons. The summed E-state index contributed by atoms with van der Waals surface area (Å²) in [6, 6.07) is 8.79. The molecule has 24 heavy (non-hydrogen) atoms. The molecule has 0 amide bonds. The molecule has 0 bridgehead atoms. The lowest BCUT2D eigenvalue weighted by Gasteiger charge is -2.30. The molecule has 1 aliphatic heterocycles. The maximum atomic E-state index is 12.5. The highest BCUT2D eigenvalue weighted by Gasteiger charge is 2.25. The third-order valence-corrected chi connectivity index (χ3v) is 5.71. The predicted octanol–water partition coefficient (Wildman–Crippen LogP) is 5.78. The molecule has 1 saturated heterocycles. The summed E-state index contributed by atoms with van der Waals surface area (Å²) >= 11 is 0. The van der Waals surface area contributed by atoms with E-state index in [-0.39, 0.29) is 13.0 Å². The molecule has 1 aromatic carbocycles. The molecule has 2 fully saturated rings. The molecule has 0 spiro atoms. The van der Waals surface area contributed by atoms with Gasteiger partial charge in [0.2, 0.25) is 0 Å². The third-order valence-electron chi connectivity index (χ3n) is 5.71. The van der Waals surface area contributed by atoms with Crippen molar-refractivity contribution in [2.24, 2.45) is 11.8 Å².